The maximum absolute atomic E-state index is 11.9. The van der Waals surface area contributed by atoms with E-state index in [1.807, 2.05) is 48.2 Å². The summed E-state index contributed by atoms with van der Waals surface area (Å²) in [5.74, 6) is 0.358. The minimum Gasteiger partial charge on any atom is -0.341 e. The van der Waals surface area contributed by atoms with Crippen LogP contribution >= 0.6 is 12.2 Å². The number of aryl methyl sites for hydroxylation is 1. The summed E-state index contributed by atoms with van der Waals surface area (Å²) in [6, 6.07) is 11.6. The highest BCUT2D eigenvalue weighted by Crippen LogP contribution is 2.22. The fourth-order valence-corrected chi connectivity index (χ4v) is 5.03. The van der Waals surface area contributed by atoms with Crippen LogP contribution in [0.3, 0.4) is 0 Å². The molecule has 1 saturated heterocycles. The monoisotopic (exact) mass is 375 g/mol. The number of nitrogens with one attached hydrogen (secondary N) is 1. The molecule has 3 rings (SSSR count). The van der Waals surface area contributed by atoms with Gasteiger partial charge in [0.05, 0.1) is 11.5 Å². The van der Waals surface area contributed by atoms with Crippen LogP contribution in [0.5, 0.6) is 0 Å². The lowest BCUT2D eigenvalue weighted by atomic mass is 10.2. The maximum Gasteiger partial charge on any atom is 0.174 e. The van der Waals surface area contributed by atoms with Crippen molar-refractivity contribution in [3.05, 3.63) is 59.9 Å². The molecule has 1 atom stereocenters. The third-order valence-corrected chi connectivity index (χ3v) is 6.46. The molecule has 0 unspecified atom stereocenters. The number of benzene rings is 1. The number of anilines is 1. The number of aromatic nitrogens is 1. The van der Waals surface area contributed by atoms with Crippen molar-refractivity contribution in [3.63, 3.8) is 0 Å². The number of para-hydroxylation sites is 1. The second-order valence-corrected chi connectivity index (χ2v) is 8.91. The van der Waals surface area contributed by atoms with Gasteiger partial charge in [-0.1, -0.05) is 24.3 Å². The molecular weight excluding hydrogens is 354 g/mol. The van der Waals surface area contributed by atoms with Crippen LogP contribution in [0.4, 0.5) is 5.69 Å². The summed E-state index contributed by atoms with van der Waals surface area (Å²) in [4.78, 5) is 6.12. The number of sulfone groups is 1. The first kappa shape index (κ1) is 17.8. The number of nitrogens with zero attached hydrogens (tertiary/aromatic N) is 2. The Hall–Kier alpha value is -1.99. The summed E-state index contributed by atoms with van der Waals surface area (Å²) in [7, 11) is -2.99. The highest BCUT2D eigenvalue weighted by Gasteiger charge is 2.33. The van der Waals surface area contributed by atoms with Gasteiger partial charge in [0.25, 0.3) is 0 Å². The number of thiocarbonyl (C=S) groups is 1. The van der Waals surface area contributed by atoms with Gasteiger partial charge >= 0.3 is 0 Å². The molecule has 25 heavy (non-hydrogen) atoms. The molecule has 0 aliphatic carbocycles. The van der Waals surface area contributed by atoms with Crippen molar-refractivity contribution in [2.75, 3.05) is 16.8 Å². The Morgan fingerprint density at radius 2 is 2.12 bits per heavy atom. The first-order valence-electron chi connectivity index (χ1n) is 8.17. The first-order chi connectivity index (χ1) is 11.9. The minimum atomic E-state index is -2.99. The van der Waals surface area contributed by atoms with Gasteiger partial charge in [0.15, 0.2) is 14.9 Å². The average molecular weight is 376 g/mol. The second kappa shape index (κ2) is 7.49. The van der Waals surface area contributed by atoms with Gasteiger partial charge in [0.1, 0.15) is 0 Å². The van der Waals surface area contributed by atoms with E-state index in [0.29, 0.717) is 18.1 Å². The van der Waals surface area contributed by atoms with Gasteiger partial charge in [0.2, 0.25) is 0 Å². The van der Waals surface area contributed by atoms with Gasteiger partial charge < -0.3 is 10.2 Å². The summed E-state index contributed by atoms with van der Waals surface area (Å²) in [6.45, 7) is 2.54. The van der Waals surface area contributed by atoms with Crippen LogP contribution in [0.25, 0.3) is 0 Å². The van der Waals surface area contributed by atoms with Crippen molar-refractivity contribution >= 4 is 32.9 Å². The molecule has 1 aliphatic rings. The van der Waals surface area contributed by atoms with Crippen molar-refractivity contribution in [2.24, 2.45) is 0 Å². The highest BCUT2D eigenvalue weighted by molar-refractivity contribution is 7.91. The maximum atomic E-state index is 11.9. The Bertz CT molecular complexity index is 854. The standard InChI is InChI=1S/C18H21N3O2S2/c1-14-5-2-3-7-17(14)20-18(24)21(12-15-6-4-9-19-11-15)16-8-10-25(22,23)13-16/h2-7,9,11,16H,8,10,12-13H2,1H3,(H,20,24)/t16-/m1/s1. The van der Waals surface area contributed by atoms with E-state index in [4.69, 9.17) is 12.2 Å². The van der Waals surface area contributed by atoms with Crippen molar-refractivity contribution in [1.82, 2.24) is 9.88 Å². The highest BCUT2D eigenvalue weighted by atomic mass is 32.2. The second-order valence-electron chi connectivity index (χ2n) is 6.29. The van der Waals surface area contributed by atoms with Crippen molar-refractivity contribution in [3.8, 4) is 0 Å². The molecule has 0 spiro atoms. The summed E-state index contributed by atoms with van der Waals surface area (Å²) in [5.41, 5.74) is 3.02. The van der Waals surface area contributed by atoms with E-state index in [1.54, 1.807) is 12.4 Å². The fourth-order valence-electron chi connectivity index (χ4n) is 2.98. The van der Waals surface area contributed by atoms with E-state index >= 15 is 0 Å². The Morgan fingerprint density at radius 1 is 1.32 bits per heavy atom. The van der Waals surface area contributed by atoms with Crippen molar-refractivity contribution < 1.29 is 8.42 Å². The summed E-state index contributed by atoms with van der Waals surface area (Å²) in [6.07, 6.45) is 4.10. The summed E-state index contributed by atoms with van der Waals surface area (Å²) in [5, 5.41) is 3.82. The molecule has 1 fully saturated rings. The summed E-state index contributed by atoms with van der Waals surface area (Å²) >= 11 is 5.63. The molecule has 0 amide bonds. The predicted molar refractivity (Wildman–Crippen MR) is 104 cm³/mol. The SMILES string of the molecule is Cc1ccccc1NC(=S)N(Cc1cccnc1)[C@@H]1CCS(=O)(=O)C1. The largest absolute Gasteiger partial charge is 0.341 e. The molecule has 2 heterocycles. The number of hydrogen-bond acceptors (Lipinski definition) is 4. The molecule has 2 aromatic rings. The van der Waals surface area contributed by atoms with Crippen LogP contribution < -0.4 is 5.32 Å². The average Bonchev–Trinajstić information content (AvgIpc) is 2.95. The molecule has 1 aromatic carbocycles. The van der Waals surface area contributed by atoms with Crippen LogP contribution in [0.2, 0.25) is 0 Å². The van der Waals surface area contributed by atoms with E-state index in [-0.39, 0.29) is 17.5 Å². The smallest absolute Gasteiger partial charge is 0.174 e. The molecule has 1 aliphatic heterocycles. The Labute approximate surface area is 154 Å². The van der Waals surface area contributed by atoms with Crippen LogP contribution in [0, 0.1) is 6.92 Å². The molecule has 7 heteroatoms. The van der Waals surface area contributed by atoms with Gasteiger partial charge in [-0.15, -0.1) is 0 Å². The Kier molecular flexibility index (Phi) is 5.34. The Morgan fingerprint density at radius 3 is 2.76 bits per heavy atom. The molecule has 0 radical (unpaired) electrons. The van der Waals surface area contributed by atoms with Gasteiger partial charge in [-0.2, -0.15) is 0 Å². The van der Waals surface area contributed by atoms with Crippen LogP contribution in [0.15, 0.2) is 48.8 Å². The zero-order valence-corrected chi connectivity index (χ0v) is 15.7. The van der Waals surface area contributed by atoms with E-state index < -0.39 is 9.84 Å². The van der Waals surface area contributed by atoms with E-state index in [9.17, 15) is 8.42 Å². The zero-order chi connectivity index (χ0) is 17.9. The fraction of sp³-hybridized carbons (Fsp3) is 0.333. The third-order valence-electron chi connectivity index (χ3n) is 4.37. The molecular formula is C18H21N3O2S2. The number of pyridine rings is 1. The lowest BCUT2D eigenvalue weighted by Gasteiger charge is -2.31. The number of rotatable bonds is 4. The quantitative estimate of drug-likeness (QED) is 0.829. The lowest BCUT2D eigenvalue weighted by Crippen LogP contribution is -2.43. The van der Waals surface area contributed by atoms with Crippen molar-refractivity contribution in [2.45, 2.75) is 25.9 Å². The minimum absolute atomic E-state index is 0.116. The normalized spacial score (nSPS) is 18.7. The third kappa shape index (κ3) is 4.55. The van der Waals surface area contributed by atoms with Gasteiger partial charge in [0, 0.05) is 30.7 Å². The van der Waals surface area contributed by atoms with Gasteiger partial charge in [-0.25, -0.2) is 8.42 Å². The Balaban J connectivity index is 1.82. The predicted octanol–water partition coefficient (Wildman–Crippen LogP) is 2.78. The molecule has 0 saturated carbocycles. The van der Waals surface area contributed by atoms with E-state index in [1.165, 1.54) is 0 Å². The van der Waals surface area contributed by atoms with Gasteiger partial charge in [-0.05, 0) is 48.8 Å². The molecule has 1 aromatic heterocycles. The molecule has 132 valence electrons. The first-order valence-corrected chi connectivity index (χ1v) is 10.4. The summed E-state index contributed by atoms with van der Waals surface area (Å²) < 4.78 is 23.9. The molecule has 5 nitrogen and oxygen atoms in total. The van der Waals surface area contributed by atoms with Crippen LogP contribution in [-0.4, -0.2) is 41.0 Å². The molecule has 0 bridgehead atoms. The number of hydrogen-bond donors (Lipinski definition) is 1. The van der Waals surface area contributed by atoms with Crippen molar-refractivity contribution in [1.29, 1.82) is 0 Å². The topological polar surface area (TPSA) is 62.3 Å². The van der Waals surface area contributed by atoms with Gasteiger partial charge in [-0.3, -0.25) is 4.98 Å². The van der Waals surface area contributed by atoms with E-state index in [2.05, 4.69) is 10.3 Å². The van der Waals surface area contributed by atoms with Crippen LogP contribution in [0.1, 0.15) is 17.5 Å². The van der Waals surface area contributed by atoms with E-state index in [0.717, 1.165) is 16.8 Å². The molecule has 1 N–H and O–H groups in total. The zero-order valence-electron chi connectivity index (χ0n) is 14.1. The van der Waals surface area contributed by atoms with Crippen LogP contribution in [-0.2, 0) is 16.4 Å². The lowest BCUT2D eigenvalue weighted by molar-refractivity contribution is 0.332.